The maximum absolute atomic E-state index is 11.3. The summed E-state index contributed by atoms with van der Waals surface area (Å²) in [4.78, 5) is 13.6. The van der Waals surface area contributed by atoms with Crippen LogP contribution in [0.15, 0.2) is 18.2 Å². The summed E-state index contributed by atoms with van der Waals surface area (Å²) in [5.74, 6) is 0.751. The van der Waals surface area contributed by atoms with Crippen LogP contribution in [0.25, 0.3) is 0 Å². The Morgan fingerprint density at radius 3 is 2.95 bits per heavy atom. The zero-order valence-electron chi connectivity index (χ0n) is 11.7. The molecule has 1 saturated heterocycles. The van der Waals surface area contributed by atoms with E-state index < -0.39 is 0 Å². The summed E-state index contributed by atoms with van der Waals surface area (Å²) in [5, 5.41) is 0. The molecular weight excluding hydrogens is 240 g/mol. The highest BCUT2D eigenvalue weighted by atomic mass is 16.5. The number of hydrogen-bond donors (Lipinski definition) is 1. The van der Waals surface area contributed by atoms with Gasteiger partial charge in [-0.25, -0.2) is 0 Å². The van der Waals surface area contributed by atoms with Gasteiger partial charge < -0.3 is 10.5 Å². The van der Waals surface area contributed by atoms with E-state index in [9.17, 15) is 4.79 Å². The Morgan fingerprint density at radius 2 is 2.32 bits per heavy atom. The number of ether oxygens (including phenoxy) is 1. The summed E-state index contributed by atoms with van der Waals surface area (Å²) in [7, 11) is 1.68. The van der Waals surface area contributed by atoms with E-state index in [1.165, 1.54) is 5.56 Å². The molecule has 0 unspecified atom stereocenters. The van der Waals surface area contributed by atoms with E-state index >= 15 is 0 Å². The Kier molecular flexibility index (Phi) is 4.43. The number of carbonyl (C=O) groups excluding carboxylic acids is 1. The zero-order valence-corrected chi connectivity index (χ0v) is 11.7. The van der Waals surface area contributed by atoms with Crippen LogP contribution in [0.4, 0.5) is 0 Å². The van der Waals surface area contributed by atoms with Crippen molar-refractivity contribution in [2.24, 2.45) is 11.7 Å². The molecule has 1 amide bonds. The molecule has 1 fully saturated rings. The molecular formula is C15H22N2O2. The number of amides is 1. The third-order valence-electron chi connectivity index (χ3n) is 3.77. The average molecular weight is 262 g/mol. The first-order chi connectivity index (χ1) is 9.10. The van der Waals surface area contributed by atoms with Crippen molar-refractivity contribution in [2.45, 2.75) is 26.3 Å². The van der Waals surface area contributed by atoms with Crippen molar-refractivity contribution < 1.29 is 9.53 Å². The van der Waals surface area contributed by atoms with E-state index in [2.05, 4.69) is 17.0 Å². The van der Waals surface area contributed by atoms with Crippen molar-refractivity contribution in [3.8, 4) is 5.75 Å². The van der Waals surface area contributed by atoms with E-state index in [4.69, 9.17) is 10.5 Å². The second-order valence-electron chi connectivity index (χ2n) is 5.28. The third-order valence-corrected chi connectivity index (χ3v) is 3.77. The Balaban J connectivity index is 2.00. The van der Waals surface area contributed by atoms with Crippen LogP contribution in [0.2, 0.25) is 0 Å². The number of primary amides is 1. The summed E-state index contributed by atoms with van der Waals surface area (Å²) in [6, 6.07) is 6.23. The van der Waals surface area contributed by atoms with Crippen LogP contribution in [-0.4, -0.2) is 31.0 Å². The summed E-state index contributed by atoms with van der Waals surface area (Å²) in [5.41, 5.74) is 7.80. The highest BCUT2D eigenvalue weighted by Gasteiger charge is 2.23. The lowest BCUT2D eigenvalue weighted by molar-refractivity contribution is -0.123. The number of carbonyl (C=O) groups is 1. The SMILES string of the molecule is COc1ccc(CN2CCC[C@@H](C(N)=O)C2)cc1C. The van der Waals surface area contributed by atoms with Gasteiger partial charge in [0, 0.05) is 13.1 Å². The number of piperidine rings is 1. The molecule has 0 saturated carbocycles. The van der Waals surface area contributed by atoms with Crippen LogP contribution in [0.5, 0.6) is 5.75 Å². The van der Waals surface area contributed by atoms with Crippen molar-refractivity contribution in [1.29, 1.82) is 0 Å². The number of nitrogens with two attached hydrogens (primary N) is 1. The largest absolute Gasteiger partial charge is 0.496 e. The summed E-state index contributed by atoms with van der Waals surface area (Å²) >= 11 is 0. The van der Waals surface area contributed by atoms with Crippen molar-refractivity contribution >= 4 is 5.91 Å². The first-order valence-corrected chi connectivity index (χ1v) is 6.75. The Morgan fingerprint density at radius 1 is 1.53 bits per heavy atom. The van der Waals surface area contributed by atoms with Gasteiger partial charge in [-0.1, -0.05) is 12.1 Å². The number of hydrogen-bond acceptors (Lipinski definition) is 3. The van der Waals surface area contributed by atoms with Crippen molar-refractivity contribution in [1.82, 2.24) is 4.90 Å². The predicted molar refractivity (Wildman–Crippen MR) is 74.9 cm³/mol. The van der Waals surface area contributed by atoms with Gasteiger partial charge in [-0.15, -0.1) is 0 Å². The number of aryl methyl sites for hydroxylation is 1. The highest BCUT2D eigenvalue weighted by molar-refractivity contribution is 5.76. The minimum Gasteiger partial charge on any atom is -0.496 e. The molecule has 1 aromatic rings. The minimum absolute atomic E-state index is 0.00750. The molecule has 0 bridgehead atoms. The van der Waals surface area contributed by atoms with Gasteiger partial charge in [-0.3, -0.25) is 9.69 Å². The molecule has 0 spiro atoms. The van der Waals surface area contributed by atoms with E-state index in [0.29, 0.717) is 0 Å². The first-order valence-electron chi connectivity index (χ1n) is 6.75. The Hall–Kier alpha value is -1.55. The fraction of sp³-hybridized carbons (Fsp3) is 0.533. The van der Waals surface area contributed by atoms with Gasteiger partial charge >= 0.3 is 0 Å². The fourth-order valence-electron chi connectivity index (χ4n) is 2.73. The van der Waals surface area contributed by atoms with Crippen LogP contribution in [0, 0.1) is 12.8 Å². The molecule has 1 aliphatic rings. The van der Waals surface area contributed by atoms with E-state index in [1.807, 2.05) is 13.0 Å². The van der Waals surface area contributed by atoms with Gasteiger partial charge in [0.1, 0.15) is 5.75 Å². The lowest BCUT2D eigenvalue weighted by Crippen LogP contribution is -2.40. The molecule has 1 atom stereocenters. The van der Waals surface area contributed by atoms with Crippen LogP contribution in [-0.2, 0) is 11.3 Å². The maximum atomic E-state index is 11.3. The highest BCUT2D eigenvalue weighted by Crippen LogP contribution is 2.22. The van der Waals surface area contributed by atoms with Gasteiger partial charge in [-0.2, -0.15) is 0 Å². The molecule has 0 aromatic heterocycles. The van der Waals surface area contributed by atoms with Gasteiger partial charge in [-0.05, 0) is 43.5 Å². The number of nitrogens with zero attached hydrogens (tertiary/aromatic N) is 1. The number of methoxy groups -OCH3 is 1. The van der Waals surface area contributed by atoms with Gasteiger partial charge in [0.2, 0.25) is 5.91 Å². The number of rotatable bonds is 4. The van der Waals surface area contributed by atoms with Crippen molar-refractivity contribution in [3.63, 3.8) is 0 Å². The first kappa shape index (κ1) is 13.9. The monoisotopic (exact) mass is 262 g/mol. The van der Waals surface area contributed by atoms with Gasteiger partial charge in [0.05, 0.1) is 13.0 Å². The summed E-state index contributed by atoms with van der Waals surface area (Å²) in [6.45, 7) is 4.73. The Bertz CT molecular complexity index is 459. The van der Waals surface area contributed by atoms with Gasteiger partial charge in [0.25, 0.3) is 0 Å². The Labute approximate surface area is 114 Å². The topological polar surface area (TPSA) is 55.6 Å². The molecule has 2 rings (SSSR count). The molecule has 4 heteroatoms. The number of likely N-dealkylation sites (tertiary alicyclic amines) is 1. The lowest BCUT2D eigenvalue weighted by Gasteiger charge is -2.31. The molecule has 4 nitrogen and oxygen atoms in total. The normalized spacial score (nSPS) is 20.2. The fourth-order valence-corrected chi connectivity index (χ4v) is 2.73. The van der Waals surface area contributed by atoms with E-state index in [-0.39, 0.29) is 11.8 Å². The zero-order chi connectivity index (χ0) is 13.8. The summed E-state index contributed by atoms with van der Waals surface area (Å²) < 4.78 is 5.26. The third kappa shape index (κ3) is 3.47. The smallest absolute Gasteiger partial charge is 0.221 e. The van der Waals surface area contributed by atoms with Crippen LogP contribution in [0.3, 0.4) is 0 Å². The molecule has 19 heavy (non-hydrogen) atoms. The standard InChI is InChI=1S/C15H22N2O2/c1-11-8-12(5-6-14(11)19-2)9-17-7-3-4-13(10-17)15(16)18/h5-6,8,13H,3-4,7,9-10H2,1-2H3,(H2,16,18)/t13-/m1/s1. The molecule has 104 valence electrons. The van der Waals surface area contributed by atoms with Crippen molar-refractivity contribution in [2.75, 3.05) is 20.2 Å². The predicted octanol–water partition coefficient (Wildman–Crippen LogP) is 1.70. The molecule has 2 N–H and O–H groups in total. The molecule has 1 aliphatic heterocycles. The summed E-state index contributed by atoms with van der Waals surface area (Å²) in [6.07, 6.45) is 1.97. The van der Waals surface area contributed by atoms with Crippen LogP contribution >= 0.6 is 0 Å². The minimum atomic E-state index is -0.171. The second kappa shape index (κ2) is 6.06. The van der Waals surface area contributed by atoms with Crippen LogP contribution in [0.1, 0.15) is 24.0 Å². The molecule has 1 aromatic carbocycles. The van der Waals surface area contributed by atoms with E-state index in [1.54, 1.807) is 7.11 Å². The second-order valence-corrected chi connectivity index (χ2v) is 5.28. The number of benzene rings is 1. The average Bonchev–Trinajstić information content (AvgIpc) is 2.39. The maximum Gasteiger partial charge on any atom is 0.221 e. The van der Waals surface area contributed by atoms with Crippen molar-refractivity contribution in [3.05, 3.63) is 29.3 Å². The lowest BCUT2D eigenvalue weighted by atomic mass is 9.97. The van der Waals surface area contributed by atoms with E-state index in [0.717, 1.165) is 43.8 Å². The molecule has 0 radical (unpaired) electrons. The molecule has 0 aliphatic carbocycles. The van der Waals surface area contributed by atoms with Crippen LogP contribution < -0.4 is 10.5 Å². The van der Waals surface area contributed by atoms with Gasteiger partial charge in [0.15, 0.2) is 0 Å². The molecule has 1 heterocycles. The quantitative estimate of drug-likeness (QED) is 0.898.